The molecule has 23 heavy (non-hydrogen) atoms. The average Bonchev–Trinajstić information content (AvgIpc) is 3.15. The molecule has 0 radical (unpaired) electrons. The van der Waals surface area contributed by atoms with Crippen LogP contribution in [0.1, 0.15) is 28.0 Å². The smallest absolute Gasteiger partial charge is 0.253 e. The number of aromatic nitrogens is 1. The molecule has 0 saturated carbocycles. The van der Waals surface area contributed by atoms with E-state index in [1.807, 2.05) is 32.0 Å². The summed E-state index contributed by atoms with van der Waals surface area (Å²) >= 11 is 0. The summed E-state index contributed by atoms with van der Waals surface area (Å²) in [5.74, 6) is 0.330. The molecule has 1 aromatic heterocycles. The lowest BCUT2D eigenvalue weighted by atomic mass is 10.1. The lowest BCUT2D eigenvalue weighted by Crippen LogP contribution is -2.32. The minimum absolute atomic E-state index is 0.0604. The number of sulfone groups is 1. The highest BCUT2D eigenvalue weighted by molar-refractivity contribution is 7.92. The van der Waals surface area contributed by atoms with Gasteiger partial charge in [-0.1, -0.05) is 0 Å². The lowest BCUT2D eigenvalue weighted by molar-refractivity contribution is 0.0787. The minimum Gasteiger partial charge on any atom is -0.358 e. The third-order valence-electron chi connectivity index (χ3n) is 5.46. The van der Waals surface area contributed by atoms with Gasteiger partial charge in [-0.15, -0.1) is 0 Å². The number of benzene rings is 1. The first kappa shape index (κ1) is 14.8. The van der Waals surface area contributed by atoms with Gasteiger partial charge < -0.3 is 9.88 Å². The van der Waals surface area contributed by atoms with Crippen LogP contribution in [-0.2, 0) is 9.84 Å². The van der Waals surface area contributed by atoms with Crippen molar-refractivity contribution in [3.8, 4) is 0 Å². The Balaban J connectivity index is 1.64. The molecule has 5 nitrogen and oxygen atoms in total. The molecule has 122 valence electrons. The number of amides is 1. The molecular weight excluding hydrogens is 312 g/mol. The number of nitrogens with zero attached hydrogens (tertiary/aromatic N) is 1. The van der Waals surface area contributed by atoms with Gasteiger partial charge in [0.05, 0.1) is 11.0 Å². The first-order valence-corrected chi connectivity index (χ1v) is 9.68. The van der Waals surface area contributed by atoms with Gasteiger partial charge in [-0.3, -0.25) is 4.79 Å². The molecule has 1 amide bonds. The number of nitrogens with one attached hydrogen (secondary N) is 1. The molecule has 1 N–H and O–H groups in total. The van der Waals surface area contributed by atoms with Crippen molar-refractivity contribution in [3.05, 3.63) is 35.0 Å². The van der Waals surface area contributed by atoms with E-state index in [1.165, 1.54) is 0 Å². The van der Waals surface area contributed by atoms with Crippen LogP contribution < -0.4 is 0 Å². The zero-order valence-corrected chi connectivity index (χ0v) is 14.1. The van der Waals surface area contributed by atoms with E-state index >= 15 is 0 Å². The Labute approximate surface area is 135 Å². The Bertz CT molecular complexity index is 913. The topological polar surface area (TPSA) is 70.2 Å². The number of hydrogen-bond donors (Lipinski definition) is 1. The number of carbonyl (C=O) groups is 1. The number of likely N-dealkylation sites (tertiary alicyclic amines) is 1. The fraction of sp³-hybridized carbons (Fsp3) is 0.471. The number of aryl methyl sites for hydroxylation is 2. The monoisotopic (exact) mass is 332 g/mol. The Hall–Kier alpha value is -1.82. The molecular formula is C17H20N2O3S. The molecule has 2 fully saturated rings. The van der Waals surface area contributed by atoms with Crippen LogP contribution in [0.3, 0.4) is 0 Å². The average molecular weight is 332 g/mol. The van der Waals surface area contributed by atoms with E-state index < -0.39 is 9.84 Å². The Morgan fingerprint density at radius 1 is 1.26 bits per heavy atom. The van der Waals surface area contributed by atoms with Gasteiger partial charge in [0.1, 0.15) is 0 Å². The van der Waals surface area contributed by atoms with Crippen molar-refractivity contribution in [2.24, 2.45) is 5.92 Å². The summed E-state index contributed by atoms with van der Waals surface area (Å²) in [6, 6.07) is 5.66. The summed E-state index contributed by atoms with van der Waals surface area (Å²) in [4.78, 5) is 17.8. The highest BCUT2D eigenvalue weighted by atomic mass is 32.2. The Morgan fingerprint density at radius 2 is 2.04 bits per heavy atom. The Kier molecular flexibility index (Phi) is 3.10. The van der Waals surface area contributed by atoms with Gasteiger partial charge in [0.2, 0.25) is 0 Å². The zero-order chi connectivity index (χ0) is 16.4. The van der Waals surface area contributed by atoms with Gasteiger partial charge >= 0.3 is 0 Å². The Morgan fingerprint density at radius 3 is 2.78 bits per heavy atom. The minimum atomic E-state index is -3.01. The van der Waals surface area contributed by atoms with Crippen LogP contribution in [0.15, 0.2) is 18.2 Å². The SMILES string of the molecule is Cc1[nH]c2ccc(C(=O)N3C[C@@H]4CCS(=O)(=O)[C@@H]4C3)cc2c1C. The van der Waals surface area contributed by atoms with E-state index in [0.29, 0.717) is 25.1 Å². The summed E-state index contributed by atoms with van der Waals surface area (Å²) in [6.45, 7) is 4.96. The van der Waals surface area contributed by atoms with E-state index in [0.717, 1.165) is 22.2 Å². The number of hydrogen-bond acceptors (Lipinski definition) is 3. The van der Waals surface area contributed by atoms with E-state index in [4.69, 9.17) is 0 Å². The molecule has 2 aliphatic rings. The van der Waals surface area contributed by atoms with Gasteiger partial charge in [0.25, 0.3) is 5.91 Å². The first-order chi connectivity index (χ1) is 10.9. The lowest BCUT2D eigenvalue weighted by Gasteiger charge is -2.17. The van der Waals surface area contributed by atoms with Crippen LogP contribution in [0.4, 0.5) is 0 Å². The number of fused-ring (bicyclic) bond motifs is 2. The van der Waals surface area contributed by atoms with Crippen molar-refractivity contribution < 1.29 is 13.2 Å². The molecule has 2 aliphatic heterocycles. The second-order valence-electron chi connectivity index (χ2n) is 6.80. The second kappa shape index (κ2) is 4.84. The van der Waals surface area contributed by atoms with Crippen LogP contribution in [0.25, 0.3) is 10.9 Å². The van der Waals surface area contributed by atoms with Crippen molar-refractivity contribution in [3.63, 3.8) is 0 Å². The van der Waals surface area contributed by atoms with Crippen molar-refractivity contribution >= 4 is 26.6 Å². The zero-order valence-electron chi connectivity index (χ0n) is 13.3. The van der Waals surface area contributed by atoms with Gasteiger partial charge in [-0.2, -0.15) is 0 Å². The molecule has 0 spiro atoms. The highest BCUT2D eigenvalue weighted by Crippen LogP contribution is 2.34. The molecule has 0 unspecified atom stereocenters. The predicted molar refractivity (Wildman–Crippen MR) is 89.4 cm³/mol. The fourth-order valence-corrected chi connectivity index (χ4v) is 6.08. The van der Waals surface area contributed by atoms with Gasteiger partial charge in [-0.25, -0.2) is 8.42 Å². The molecule has 1 aromatic carbocycles. The standard InChI is InChI=1S/C17H20N2O3S/c1-10-11(2)18-15-4-3-12(7-14(10)15)17(20)19-8-13-5-6-23(21,22)16(13)9-19/h3-4,7,13,16,18H,5-6,8-9H2,1-2H3/t13-,16+/m0/s1. The van der Waals surface area contributed by atoms with Crippen LogP contribution in [0.2, 0.25) is 0 Å². The fourth-order valence-electron chi connectivity index (χ4n) is 3.94. The van der Waals surface area contributed by atoms with Gasteiger partial charge in [-0.05, 0) is 49.9 Å². The molecule has 6 heteroatoms. The molecule has 0 bridgehead atoms. The summed E-state index contributed by atoms with van der Waals surface area (Å²) < 4.78 is 24.1. The van der Waals surface area contributed by atoms with E-state index in [1.54, 1.807) is 4.90 Å². The van der Waals surface area contributed by atoms with Crippen molar-refractivity contribution in [2.45, 2.75) is 25.5 Å². The predicted octanol–water partition coefficient (Wildman–Crippen LogP) is 2.04. The van der Waals surface area contributed by atoms with Crippen LogP contribution >= 0.6 is 0 Å². The maximum Gasteiger partial charge on any atom is 0.253 e. The van der Waals surface area contributed by atoms with Crippen LogP contribution in [0, 0.1) is 19.8 Å². The van der Waals surface area contributed by atoms with Crippen molar-refractivity contribution in [2.75, 3.05) is 18.8 Å². The number of aromatic amines is 1. The molecule has 0 aliphatic carbocycles. The van der Waals surface area contributed by atoms with Crippen LogP contribution in [-0.4, -0.2) is 48.3 Å². The summed E-state index contributed by atoms with van der Waals surface area (Å²) in [5.41, 5.74) is 3.91. The summed E-state index contributed by atoms with van der Waals surface area (Å²) in [7, 11) is -3.01. The number of H-pyrrole nitrogens is 1. The molecule has 2 atom stereocenters. The third kappa shape index (κ3) is 2.19. The first-order valence-electron chi connectivity index (χ1n) is 7.96. The van der Waals surface area contributed by atoms with E-state index in [9.17, 15) is 13.2 Å². The maximum absolute atomic E-state index is 12.8. The molecule has 4 rings (SSSR count). The quantitative estimate of drug-likeness (QED) is 0.869. The number of carbonyl (C=O) groups excluding carboxylic acids is 1. The summed E-state index contributed by atoms with van der Waals surface area (Å²) in [6.07, 6.45) is 0.686. The van der Waals surface area contributed by atoms with E-state index in [2.05, 4.69) is 4.98 Å². The molecule has 2 saturated heterocycles. The largest absolute Gasteiger partial charge is 0.358 e. The molecule has 2 aromatic rings. The third-order valence-corrected chi connectivity index (χ3v) is 7.72. The van der Waals surface area contributed by atoms with Crippen molar-refractivity contribution in [1.82, 2.24) is 9.88 Å². The van der Waals surface area contributed by atoms with E-state index in [-0.39, 0.29) is 22.8 Å². The highest BCUT2D eigenvalue weighted by Gasteiger charge is 2.47. The number of rotatable bonds is 1. The maximum atomic E-state index is 12.8. The van der Waals surface area contributed by atoms with Gasteiger partial charge in [0, 0.05) is 35.2 Å². The summed E-state index contributed by atoms with van der Waals surface area (Å²) in [5, 5.41) is 0.701. The van der Waals surface area contributed by atoms with Crippen LogP contribution in [0.5, 0.6) is 0 Å². The normalized spacial score (nSPS) is 25.9. The second-order valence-corrected chi connectivity index (χ2v) is 9.14. The van der Waals surface area contributed by atoms with Gasteiger partial charge in [0.15, 0.2) is 9.84 Å². The van der Waals surface area contributed by atoms with Crippen molar-refractivity contribution in [1.29, 1.82) is 0 Å². The molecule has 3 heterocycles.